The van der Waals surface area contributed by atoms with Crippen molar-refractivity contribution in [1.82, 2.24) is 15.5 Å². The first-order valence-electron chi connectivity index (χ1n) is 5.16. The molecule has 1 aromatic heterocycles. The summed E-state index contributed by atoms with van der Waals surface area (Å²) in [5, 5.41) is 10.5. The lowest BCUT2D eigenvalue weighted by molar-refractivity contribution is 0.0943. The maximum absolute atomic E-state index is 11.9. The molecule has 1 aromatic rings. The molecule has 1 amide bonds. The Morgan fingerprint density at radius 1 is 1.56 bits per heavy atom. The third-order valence-electron chi connectivity index (χ3n) is 2.26. The summed E-state index contributed by atoms with van der Waals surface area (Å²) in [7, 11) is 0. The van der Waals surface area contributed by atoms with Crippen molar-refractivity contribution in [2.45, 2.75) is 33.2 Å². The molecule has 0 bridgehead atoms. The number of amides is 1. The van der Waals surface area contributed by atoms with Crippen LogP contribution < -0.4 is 5.32 Å². The number of carbonyl (C=O) groups is 1. The van der Waals surface area contributed by atoms with E-state index < -0.39 is 0 Å². The first-order valence-corrected chi connectivity index (χ1v) is 5.16. The highest BCUT2D eigenvalue weighted by atomic mass is 16.1. The second-order valence-corrected chi connectivity index (χ2v) is 3.59. The number of rotatable bonds is 3. The van der Waals surface area contributed by atoms with E-state index >= 15 is 0 Å². The minimum absolute atomic E-state index is 0.194. The molecular formula is C12H15N3O. The van der Waals surface area contributed by atoms with E-state index in [0.717, 1.165) is 0 Å². The molecular weight excluding hydrogens is 202 g/mol. The number of hydrogen-bond donors (Lipinski definition) is 1. The van der Waals surface area contributed by atoms with Crippen molar-refractivity contribution < 1.29 is 4.79 Å². The number of terminal acetylenes is 1. The van der Waals surface area contributed by atoms with E-state index in [9.17, 15) is 4.79 Å². The maximum Gasteiger partial charge on any atom is 0.254 e. The number of hydrogen-bond acceptors (Lipinski definition) is 3. The van der Waals surface area contributed by atoms with E-state index in [1.165, 1.54) is 0 Å². The topological polar surface area (TPSA) is 54.9 Å². The van der Waals surface area contributed by atoms with Gasteiger partial charge in [-0.3, -0.25) is 4.79 Å². The second-order valence-electron chi connectivity index (χ2n) is 3.59. The number of aromatic nitrogens is 2. The van der Waals surface area contributed by atoms with Crippen LogP contribution in [0.3, 0.4) is 0 Å². The lowest BCUT2D eigenvalue weighted by Gasteiger charge is -2.11. The zero-order chi connectivity index (χ0) is 12.1. The average Bonchev–Trinajstić information content (AvgIpc) is 2.28. The van der Waals surface area contributed by atoms with Crippen LogP contribution >= 0.6 is 0 Å². The Hall–Kier alpha value is -1.89. The van der Waals surface area contributed by atoms with E-state index in [0.29, 0.717) is 23.4 Å². The lowest BCUT2D eigenvalue weighted by Crippen LogP contribution is -2.33. The monoisotopic (exact) mass is 217 g/mol. The highest BCUT2D eigenvalue weighted by Gasteiger charge is 2.13. The summed E-state index contributed by atoms with van der Waals surface area (Å²) >= 11 is 0. The molecule has 4 heteroatoms. The molecule has 0 spiro atoms. The fourth-order valence-electron chi connectivity index (χ4n) is 1.28. The highest BCUT2D eigenvalue weighted by Crippen LogP contribution is 2.05. The van der Waals surface area contributed by atoms with Gasteiger partial charge < -0.3 is 5.32 Å². The quantitative estimate of drug-likeness (QED) is 0.775. The van der Waals surface area contributed by atoms with Gasteiger partial charge in [0.25, 0.3) is 5.91 Å². The molecule has 0 saturated carbocycles. The SMILES string of the molecule is C#CC(CC)NC(=O)c1cc(C)nnc1C. The molecule has 0 radical (unpaired) electrons. The average molecular weight is 217 g/mol. The molecule has 1 atom stereocenters. The van der Waals surface area contributed by atoms with Gasteiger partial charge in [0.2, 0.25) is 0 Å². The Kier molecular flexibility index (Phi) is 4.01. The van der Waals surface area contributed by atoms with E-state index in [1.54, 1.807) is 19.9 Å². The Bertz CT molecular complexity index is 434. The highest BCUT2D eigenvalue weighted by molar-refractivity contribution is 5.95. The second kappa shape index (κ2) is 5.26. The van der Waals surface area contributed by atoms with Gasteiger partial charge in [-0.15, -0.1) is 6.42 Å². The molecule has 0 saturated heterocycles. The standard InChI is InChI=1S/C12H15N3O/c1-5-10(6-2)13-12(16)11-7-8(3)14-15-9(11)4/h1,7,10H,6H2,2-4H3,(H,13,16). The van der Waals surface area contributed by atoms with Gasteiger partial charge in [0.1, 0.15) is 0 Å². The zero-order valence-electron chi connectivity index (χ0n) is 9.74. The van der Waals surface area contributed by atoms with Crippen molar-refractivity contribution in [3.63, 3.8) is 0 Å². The van der Waals surface area contributed by atoms with Gasteiger partial charge >= 0.3 is 0 Å². The summed E-state index contributed by atoms with van der Waals surface area (Å²) in [6, 6.07) is 1.47. The Balaban J connectivity index is 2.89. The van der Waals surface area contributed by atoms with Crippen LogP contribution in [0.1, 0.15) is 35.1 Å². The van der Waals surface area contributed by atoms with E-state index in [1.807, 2.05) is 6.92 Å². The van der Waals surface area contributed by atoms with Crippen LogP contribution in [0.2, 0.25) is 0 Å². The molecule has 1 unspecified atom stereocenters. The van der Waals surface area contributed by atoms with Gasteiger partial charge in [-0.1, -0.05) is 12.8 Å². The van der Waals surface area contributed by atoms with Gasteiger partial charge in [-0.25, -0.2) is 0 Å². The number of carbonyl (C=O) groups excluding carboxylic acids is 1. The van der Waals surface area contributed by atoms with E-state index in [4.69, 9.17) is 6.42 Å². The summed E-state index contributed by atoms with van der Waals surface area (Å²) in [5.41, 5.74) is 1.85. The van der Waals surface area contributed by atoms with Crippen molar-refractivity contribution >= 4 is 5.91 Å². The Labute approximate surface area is 95.5 Å². The fourth-order valence-corrected chi connectivity index (χ4v) is 1.28. The van der Waals surface area contributed by atoms with E-state index in [2.05, 4.69) is 21.4 Å². The van der Waals surface area contributed by atoms with Crippen LogP contribution in [0.4, 0.5) is 0 Å². The lowest BCUT2D eigenvalue weighted by atomic mass is 10.1. The number of nitrogens with zero attached hydrogens (tertiary/aromatic N) is 2. The van der Waals surface area contributed by atoms with Gasteiger partial charge in [0, 0.05) is 0 Å². The molecule has 0 aromatic carbocycles. The molecule has 16 heavy (non-hydrogen) atoms. The third kappa shape index (κ3) is 2.80. The molecule has 0 aliphatic heterocycles. The molecule has 1 heterocycles. The normalized spacial score (nSPS) is 11.6. The molecule has 0 fully saturated rings. The van der Waals surface area contributed by atoms with Crippen LogP contribution in [-0.4, -0.2) is 22.1 Å². The maximum atomic E-state index is 11.9. The molecule has 0 aliphatic carbocycles. The smallest absolute Gasteiger partial charge is 0.254 e. The van der Waals surface area contributed by atoms with Crippen LogP contribution in [0, 0.1) is 26.2 Å². The predicted octanol–water partition coefficient (Wildman–Crippen LogP) is 1.24. The first kappa shape index (κ1) is 12.2. The van der Waals surface area contributed by atoms with Crippen LogP contribution in [0.15, 0.2) is 6.07 Å². The summed E-state index contributed by atoms with van der Waals surface area (Å²) in [6.45, 7) is 5.47. The summed E-state index contributed by atoms with van der Waals surface area (Å²) in [5.74, 6) is 2.32. The first-order chi connectivity index (χ1) is 7.58. The summed E-state index contributed by atoms with van der Waals surface area (Å²) < 4.78 is 0. The van der Waals surface area contributed by atoms with Gasteiger partial charge in [-0.05, 0) is 26.3 Å². The largest absolute Gasteiger partial charge is 0.338 e. The van der Waals surface area contributed by atoms with Crippen molar-refractivity contribution in [3.05, 3.63) is 23.0 Å². The minimum atomic E-state index is -0.236. The van der Waals surface area contributed by atoms with Crippen molar-refractivity contribution in [2.24, 2.45) is 0 Å². The van der Waals surface area contributed by atoms with Crippen molar-refractivity contribution in [1.29, 1.82) is 0 Å². The summed E-state index contributed by atoms with van der Waals surface area (Å²) in [4.78, 5) is 11.9. The van der Waals surface area contributed by atoms with Crippen LogP contribution in [-0.2, 0) is 0 Å². The Morgan fingerprint density at radius 2 is 2.25 bits per heavy atom. The van der Waals surface area contributed by atoms with Crippen molar-refractivity contribution in [2.75, 3.05) is 0 Å². The molecule has 1 rings (SSSR count). The zero-order valence-corrected chi connectivity index (χ0v) is 9.74. The fraction of sp³-hybridized carbons (Fsp3) is 0.417. The van der Waals surface area contributed by atoms with Crippen LogP contribution in [0.5, 0.6) is 0 Å². The molecule has 4 nitrogen and oxygen atoms in total. The minimum Gasteiger partial charge on any atom is -0.338 e. The van der Waals surface area contributed by atoms with Gasteiger partial charge in [0.05, 0.1) is 23.0 Å². The Morgan fingerprint density at radius 3 is 2.81 bits per heavy atom. The number of aryl methyl sites for hydroxylation is 2. The van der Waals surface area contributed by atoms with Gasteiger partial charge in [-0.2, -0.15) is 10.2 Å². The van der Waals surface area contributed by atoms with Crippen LogP contribution in [0.25, 0.3) is 0 Å². The molecule has 84 valence electrons. The van der Waals surface area contributed by atoms with E-state index in [-0.39, 0.29) is 11.9 Å². The molecule has 0 aliphatic rings. The van der Waals surface area contributed by atoms with Crippen molar-refractivity contribution in [3.8, 4) is 12.3 Å². The molecule has 1 N–H and O–H groups in total. The summed E-state index contributed by atoms with van der Waals surface area (Å²) in [6.07, 6.45) is 5.99. The predicted molar refractivity (Wildman–Crippen MR) is 61.9 cm³/mol. The number of nitrogens with one attached hydrogen (secondary N) is 1. The van der Waals surface area contributed by atoms with Gasteiger partial charge in [0.15, 0.2) is 0 Å². The third-order valence-corrected chi connectivity index (χ3v) is 2.26.